The van der Waals surface area contributed by atoms with Gasteiger partial charge >= 0.3 is 0 Å². The third-order valence-electron chi connectivity index (χ3n) is 5.92. The molecule has 0 fully saturated rings. The predicted molar refractivity (Wildman–Crippen MR) is 139 cm³/mol. The average Bonchev–Trinajstić information content (AvgIpc) is 2.77. The number of aromatic nitrogens is 2. The molecule has 0 bridgehead atoms. The van der Waals surface area contributed by atoms with Crippen LogP contribution in [0.1, 0.15) is 89.1 Å². The number of unbranched alkanes of at least 4 members (excludes halogenated alkanes) is 2. The molecule has 0 saturated heterocycles. The smallest absolute Gasteiger partial charge is 0.257 e. The topological polar surface area (TPSA) is 64.0 Å². The van der Waals surface area contributed by atoms with Crippen molar-refractivity contribution in [2.45, 2.75) is 95.9 Å². The third-order valence-corrected chi connectivity index (χ3v) is 7.23. The number of amides is 1. The molecule has 0 saturated carbocycles. The molecule has 0 spiro atoms. The monoisotopic (exact) mass is 471 g/mol. The molecule has 2 rings (SSSR count). The van der Waals surface area contributed by atoms with Gasteiger partial charge in [-0.15, -0.1) is 0 Å². The first-order chi connectivity index (χ1) is 15.6. The molecule has 2 aromatic rings. The zero-order valence-corrected chi connectivity index (χ0v) is 22.3. The zero-order chi connectivity index (χ0) is 24.6. The van der Waals surface area contributed by atoms with E-state index in [1.807, 2.05) is 6.92 Å². The third kappa shape index (κ3) is 7.73. The molecule has 1 unspecified atom stereocenters. The molecular weight excluding hydrogens is 430 g/mol. The van der Waals surface area contributed by atoms with Crippen molar-refractivity contribution < 1.29 is 4.79 Å². The fourth-order valence-corrected chi connectivity index (χ4v) is 4.93. The van der Waals surface area contributed by atoms with Crippen molar-refractivity contribution in [2.24, 2.45) is 7.05 Å². The van der Waals surface area contributed by atoms with E-state index in [4.69, 9.17) is 4.98 Å². The van der Waals surface area contributed by atoms with Gasteiger partial charge in [0.2, 0.25) is 5.91 Å². The quantitative estimate of drug-likeness (QED) is 0.265. The summed E-state index contributed by atoms with van der Waals surface area (Å²) in [5.41, 5.74) is 3.88. The van der Waals surface area contributed by atoms with Gasteiger partial charge in [0.15, 0.2) is 5.16 Å². The van der Waals surface area contributed by atoms with Crippen LogP contribution in [0.4, 0.5) is 0 Å². The van der Waals surface area contributed by atoms with E-state index >= 15 is 0 Å². The van der Waals surface area contributed by atoms with Gasteiger partial charge in [-0.05, 0) is 36.3 Å². The second-order valence-electron chi connectivity index (χ2n) is 9.84. The van der Waals surface area contributed by atoms with Crippen molar-refractivity contribution in [2.75, 3.05) is 6.54 Å². The summed E-state index contributed by atoms with van der Waals surface area (Å²) in [5, 5.41) is 3.41. The standard InChI is InChI=1S/C27H41N3O2S/c1-8-10-11-17-28-24(31)23(12-9-2)33-26-29-19(3)22(25(32)30(26)7)18-20-13-15-21(16-14-20)27(4,5)6/h13-16,23H,8-12,17-18H2,1-7H3,(H,28,31). The molecular formula is C27H41N3O2S. The van der Waals surface area contributed by atoms with E-state index < -0.39 is 0 Å². The first-order valence-electron chi connectivity index (χ1n) is 12.2. The van der Waals surface area contributed by atoms with E-state index in [1.165, 1.54) is 17.3 Å². The Kier molecular flexibility index (Phi) is 10.2. The molecule has 1 atom stereocenters. The number of carbonyl (C=O) groups is 1. The highest BCUT2D eigenvalue weighted by molar-refractivity contribution is 8.00. The Morgan fingerprint density at radius 1 is 1.12 bits per heavy atom. The van der Waals surface area contributed by atoms with Gasteiger partial charge in [-0.3, -0.25) is 14.2 Å². The minimum absolute atomic E-state index is 0.0351. The summed E-state index contributed by atoms with van der Waals surface area (Å²) < 4.78 is 1.60. The summed E-state index contributed by atoms with van der Waals surface area (Å²) in [4.78, 5) is 30.7. The van der Waals surface area contributed by atoms with Crippen molar-refractivity contribution >= 4 is 17.7 Å². The fraction of sp³-hybridized carbons (Fsp3) is 0.593. The minimum Gasteiger partial charge on any atom is -0.355 e. The van der Waals surface area contributed by atoms with Crippen LogP contribution in [0, 0.1) is 6.92 Å². The van der Waals surface area contributed by atoms with Crippen molar-refractivity contribution in [3.63, 3.8) is 0 Å². The number of carbonyl (C=O) groups excluding carboxylic acids is 1. The van der Waals surface area contributed by atoms with Crippen LogP contribution in [-0.4, -0.2) is 27.3 Å². The molecule has 5 nitrogen and oxygen atoms in total. The lowest BCUT2D eigenvalue weighted by Crippen LogP contribution is -2.34. The number of rotatable bonds is 11. The Morgan fingerprint density at radius 3 is 2.36 bits per heavy atom. The molecule has 0 radical (unpaired) electrons. The van der Waals surface area contributed by atoms with Crippen LogP contribution in [-0.2, 0) is 23.7 Å². The van der Waals surface area contributed by atoms with E-state index in [0.29, 0.717) is 23.7 Å². The number of nitrogens with zero attached hydrogens (tertiary/aromatic N) is 2. The van der Waals surface area contributed by atoms with Crippen LogP contribution in [0.25, 0.3) is 0 Å². The molecule has 6 heteroatoms. The lowest BCUT2D eigenvalue weighted by molar-refractivity contribution is -0.120. The molecule has 1 aromatic carbocycles. The van der Waals surface area contributed by atoms with Crippen LogP contribution in [0.5, 0.6) is 0 Å². The molecule has 0 aliphatic rings. The lowest BCUT2D eigenvalue weighted by atomic mass is 9.86. The van der Waals surface area contributed by atoms with E-state index in [-0.39, 0.29) is 22.1 Å². The summed E-state index contributed by atoms with van der Waals surface area (Å²) in [6.45, 7) is 13.4. The largest absolute Gasteiger partial charge is 0.355 e. The SMILES string of the molecule is CCCCCNC(=O)C(CCC)Sc1nc(C)c(Cc2ccc(C(C)(C)C)cc2)c(=O)n1C. The molecule has 1 heterocycles. The number of hydrogen-bond acceptors (Lipinski definition) is 4. The van der Waals surface area contributed by atoms with Gasteiger partial charge in [-0.25, -0.2) is 4.98 Å². The van der Waals surface area contributed by atoms with Gasteiger partial charge in [-0.2, -0.15) is 0 Å². The van der Waals surface area contributed by atoms with Crippen molar-refractivity contribution in [3.05, 3.63) is 57.0 Å². The predicted octanol–water partition coefficient (Wildman–Crippen LogP) is 5.54. The average molecular weight is 472 g/mol. The Bertz CT molecular complexity index is 975. The van der Waals surface area contributed by atoms with Gasteiger partial charge in [0.25, 0.3) is 5.56 Å². The molecule has 33 heavy (non-hydrogen) atoms. The van der Waals surface area contributed by atoms with Gasteiger partial charge in [0.05, 0.1) is 5.25 Å². The van der Waals surface area contributed by atoms with E-state index in [2.05, 4.69) is 64.2 Å². The first kappa shape index (κ1) is 27.2. The second kappa shape index (κ2) is 12.4. The maximum absolute atomic E-state index is 13.2. The van der Waals surface area contributed by atoms with Crippen LogP contribution in [0.15, 0.2) is 34.2 Å². The Hall–Kier alpha value is -2.08. The summed E-state index contributed by atoms with van der Waals surface area (Å²) in [7, 11) is 1.76. The summed E-state index contributed by atoms with van der Waals surface area (Å²) >= 11 is 1.40. The maximum atomic E-state index is 13.2. The van der Waals surface area contributed by atoms with E-state index in [9.17, 15) is 9.59 Å². The van der Waals surface area contributed by atoms with Gasteiger partial charge in [-0.1, -0.05) is 89.9 Å². The van der Waals surface area contributed by atoms with Crippen molar-refractivity contribution in [1.82, 2.24) is 14.9 Å². The van der Waals surface area contributed by atoms with Gasteiger partial charge in [0.1, 0.15) is 0 Å². The fourth-order valence-electron chi connectivity index (χ4n) is 3.70. The van der Waals surface area contributed by atoms with Gasteiger partial charge < -0.3 is 5.32 Å². The van der Waals surface area contributed by atoms with Crippen LogP contribution in [0.2, 0.25) is 0 Å². The first-order valence-corrected chi connectivity index (χ1v) is 13.1. The molecule has 0 aliphatic carbocycles. The molecule has 1 amide bonds. The number of nitrogens with one attached hydrogen (secondary N) is 1. The molecule has 1 N–H and O–H groups in total. The number of thioether (sulfide) groups is 1. The van der Waals surface area contributed by atoms with Crippen LogP contribution >= 0.6 is 11.8 Å². The number of benzene rings is 1. The highest BCUT2D eigenvalue weighted by Gasteiger charge is 2.22. The minimum atomic E-state index is -0.245. The Labute approximate surface area is 203 Å². The Morgan fingerprint density at radius 2 is 1.79 bits per heavy atom. The highest BCUT2D eigenvalue weighted by atomic mass is 32.2. The molecule has 0 aliphatic heterocycles. The Balaban J connectivity index is 2.20. The van der Waals surface area contributed by atoms with Crippen molar-refractivity contribution in [1.29, 1.82) is 0 Å². The summed E-state index contributed by atoms with van der Waals surface area (Å²) in [5.74, 6) is 0.0351. The summed E-state index contributed by atoms with van der Waals surface area (Å²) in [6, 6.07) is 8.48. The van der Waals surface area contributed by atoms with Gasteiger partial charge in [0, 0.05) is 31.3 Å². The molecule has 1 aromatic heterocycles. The molecule has 182 valence electrons. The van der Waals surface area contributed by atoms with E-state index in [1.54, 1.807) is 11.6 Å². The number of aryl methyl sites for hydroxylation is 1. The van der Waals surface area contributed by atoms with Crippen LogP contribution < -0.4 is 10.9 Å². The summed E-state index contributed by atoms with van der Waals surface area (Å²) in [6.07, 6.45) is 5.43. The number of hydrogen-bond donors (Lipinski definition) is 1. The second-order valence-corrected chi connectivity index (χ2v) is 11.0. The van der Waals surface area contributed by atoms with Crippen molar-refractivity contribution in [3.8, 4) is 0 Å². The normalized spacial score (nSPS) is 12.6. The maximum Gasteiger partial charge on any atom is 0.257 e. The van der Waals surface area contributed by atoms with E-state index in [0.717, 1.165) is 43.4 Å². The lowest BCUT2D eigenvalue weighted by Gasteiger charge is -2.19. The van der Waals surface area contributed by atoms with Crippen LogP contribution in [0.3, 0.4) is 0 Å². The zero-order valence-electron chi connectivity index (χ0n) is 21.5. The highest BCUT2D eigenvalue weighted by Crippen LogP contribution is 2.26.